The fourth-order valence-corrected chi connectivity index (χ4v) is 3.62. The van der Waals surface area contributed by atoms with Crippen LogP contribution in [0, 0.1) is 12.8 Å². The van der Waals surface area contributed by atoms with Crippen molar-refractivity contribution in [3.05, 3.63) is 20.7 Å². The molecule has 2 rings (SSSR count). The van der Waals surface area contributed by atoms with Gasteiger partial charge in [0.1, 0.15) is 6.54 Å². The van der Waals surface area contributed by atoms with E-state index in [1.54, 1.807) is 5.38 Å². The van der Waals surface area contributed by atoms with E-state index in [0.717, 1.165) is 35.9 Å². The van der Waals surface area contributed by atoms with Gasteiger partial charge >= 0.3 is 4.87 Å². The molecule has 1 aromatic heterocycles. The van der Waals surface area contributed by atoms with E-state index in [-0.39, 0.29) is 17.3 Å². The van der Waals surface area contributed by atoms with E-state index in [1.165, 1.54) is 43.1 Å². The van der Waals surface area contributed by atoms with Crippen LogP contribution in [0.25, 0.3) is 0 Å². The normalized spacial score (nSPS) is 16.2. The number of carbonyl (C=O) groups is 1. The highest BCUT2D eigenvalue weighted by Gasteiger charge is 2.13. The molecule has 1 heterocycles. The molecule has 0 saturated heterocycles. The fraction of sp³-hybridized carbons (Fsp3) is 0.733. The Morgan fingerprint density at radius 1 is 1.40 bits per heavy atom. The maximum atomic E-state index is 11.8. The smallest absolute Gasteiger partial charge is 0.307 e. The summed E-state index contributed by atoms with van der Waals surface area (Å²) in [6.07, 6.45) is 9.12. The summed E-state index contributed by atoms with van der Waals surface area (Å²) < 4.78 is 1.53. The molecular weight excluding hydrogens is 272 g/mol. The monoisotopic (exact) mass is 296 g/mol. The molecule has 0 bridgehead atoms. The van der Waals surface area contributed by atoms with Gasteiger partial charge in [-0.2, -0.15) is 0 Å². The quantitative estimate of drug-likeness (QED) is 0.821. The van der Waals surface area contributed by atoms with Crippen molar-refractivity contribution >= 4 is 17.2 Å². The molecule has 5 heteroatoms. The summed E-state index contributed by atoms with van der Waals surface area (Å²) in [5, 5.41) is 4.71. The zero-order valence-electron chi connectivity index (χ0n) is 12.2. The van der Waals surface area contributed by atoms with Gasteiger partial charge in [0.05, 0.1) is 0 Å². The van der Waals surface area contributed by atoms with Crippen molar-refractivity contribution in [1.82, 2.24) is 9.88 Å². The standard InChI is InChI=1S/C15H24N2O2S/c1-12-11-20-15(19)17(12)10-14(18)16-9-5-8-13-6-3-2-4-7-13/h11,13H,2-10H2,1H3,(H,16,18). The average molecular weight is 296 g/mol. The summed E-state index contributed by atoms with van der Waals surface area (Å²) >= 11 is 1.15. The van der Waals surface area contributed by atoms with Crippen molar-refractivity contribution in [2.45, 2.75) is 58.4 Å². The third-order valence-corrected chi connectivity index (χ3v) is 5.00. The molecule has 20 heavy (non-hydrogen) atoms. The Kier molecular flexibility index (Phi) is 5.83. The minimum Gasteiger partial charge on any atom is -0.355 e. The van der Waals surface area contributed by atoms with Crippen LogP contribution in [0.4, 0.5) is 0 Å². The number of rotatable bonds is 6. The second kappa shape index (κ2) is 7.62. The average Bonchev–Trinajstić information content (AvgIpc) is 2.77. The van der Waals surface area contributed by atoms with Crippen LogP contribution in [-0.2, 0) is 11.3 Å². The van der Waals surface area contributed by atoms with E-state index in [2.05, 4.69) is 5.32 Å². The molecule has 1 aliphatic rings. The largest absolute Gasteiger partial charge is 0.355 e. The molecule has 1 N–H and O–H groups in total. The van der Waals surface area contributed by atoms with Crippen LogP contribution in [0.2, 0.25) is 0 Å². The number of nitrogens with zero attached hydrogens (tertiary/aromatic N) is 1. The lowest BCUT2D eigenvalue weighted by molar-refractivity contribution is -0.121. The first kappa shape index (κ1) is 15.3. The Bertz CT molecular complexity index is 486. The van der Waals surface area contributed by atoms with Crippen LogP contribution in [-0.4, -0.2) is 17.0 Å². The first-order valence-corrected chi connectivity index (χ1v) is 8.46. The predicted octanol–water partition coefficient (Wildman–Crippen LogP) is 2.69. The lowest BCUT2D eigenvalue weighted by Gasteiger charge is -2.21. The molecule has 0 unspecified atom stereocenters. The van der Waals surface area contributed by atoms with Gasteiger partial charge in [0.15, 0.2) is 0 Å². The van der Waals surface area contributed by atoms with Gasteiger partial charge in [-0.05, 0) is 25.7 Å². The topological polar surface area (TPSA) is 51.1 Å². The van der Waals surface area contributed by atoms with Gasteiger partial charge in [0.25, 0.3) is 0 Å². The number of nitrogens with one attached hydrogen (secondary N) is 1. The summed E-state index contributed by atoms with van der Waals surface area (Å²) in [6.45, 7) is 2.74. The van der Waals surface area contributed by atoms with Crippen molar-refractivity contribution in [3.8, 4) is 0 Å². The van der Waals surface area contributed by atoms with Crippen molar-refractivity contribution in [2.24, 2.45) is 5.92 Å². The summed E-state index contributed by atoms with van der Waals surface area (Å²) in [5.74, 6) is 0.805. The number of amides is 1. The molecule has 1 saturated carbocycles. The van der Waals surface area contributed by atoms with Crippen LogP contribution < -0.4 is 10.2 Å². The van der Waals surface area contributed by atoms with E-state index < -0.39 is 0 Å². The minimum absolute atomic E-state index is 0.0557. The lowest BCUT2D eigenvalue weighted by Crippen LogP contribution is -2.31. The first-order valence-electron chi connectivity index (χ1n) is 7.58. The van der Waals surface area contributed by atoms with Gasteiger partial charge in [-0.3, -0.25) is 14.2 Å². The summed E-state index contributed by atoms with van der Waals surface area (Å²) in [6, 6.07) is 0. The van der Waals surface area contributed by atoms with Crippen LogP contribution in [0.15, 0.2) is 10.2 Å². The van der Waals surface area contributed by atoms with Crippen LogP contribution in [0.5, 0.6) is 0 Å². The second-order valence-electron chi connectivity index (χ2n) is 5.73. The lowest BCUT2D eigenvalue weighted by atomic mass is 9.86. The molecule has 0 radical (unpaired) electrons. The van der Waals surface area contributed by atoms with Gasteiger partial charge < -0.3 is 5.32 Å². The molecule has 112 valence electrons. The van der Waals surface area contributed by atoms with E-state index in [1.807, 2.05) is 6.92 Å². The molecule has 1 aromatic rings. The molecule has 1 amide bonds. The number of aromatic nitrogens is 1. The predicted molar refractivity (Wildman–Crippen MR) is 82.1 cm³/mol. The first-order chi connectivity index (χ1) is 9.66. The SMILES string of the molecule is Cc1csc(=O)n1CC(=O)NCCCC1CCCCC1. The Morgan fingerprint density at radius 2 is 2.15 bits per heavy atom. The Balaban J connectivity index is 1.64. The third-order valence-electron chi connectivity index (χ3n) is 4.11. The van der Waals surface area contributed by atoms with E-state index in [0.29, 0.717) is 0 Å². The van der Waals surface area contributed by atoms with Crippen molar-refractivity contribution in [3.63, 3.8) is 0 Å². The van der Waals surface area contributed by atoms with Gasteiger partial charge in [-0.15, -0.1) is 0 Å². The van der Waals surface area contributed by atoms with Gasteiger partial charge in [0.2, 0.25) is 5.91 Å². The zero-order chi connectivity index (χ0) is 14.4. The zero-order valence-corrected chi connectivity index (χ0v) is 13.0. The highest BCUT2D eigenvalue weighted by molar-refractivity contribution is 7.07. The van der Waals surface area contributed by atoms with Crippen molar-refractivity contribution < 1.29 is 4.79 Å². The summed E-state index contributed by atoms with van der Waals surface area (Å²) in [7, 11) is 0. The number of hydrogen-bond acceptors (Lipinski definition) is 3. The van der Waals surface area contributed by atoms with Gasteiger partial charge in [-0.25, -0.2) is 0 Å². The van der Waals surface area contributed by atoms with E-state index in [4.69, 9.17) is 0 Å². The van der Waals surface area contributed by atoms with Crippen LogP contribution >= 0.6 is 11.3 Å². The number of carbonyl (C=O) groups excluding carboxylic acids is 1. The van der Waals surface area contributed by atoms with Gasteiger partial charge in [-0.1, -0.05) is 43.4 Å². The highest BCUT2D eigenvalue weighted by atomic mass is 32.1. The van der Waals surface area contributed by atoms with E-state index >= 15 is 0 Å². The van der Waals surface area contributed by atoms with Crippen LogP contribution in [0.3, 0.4) is 0 Å². The third kappa shape index (κ3) is 4.47. The van der Waals surface area contributed by atoms with Gasteiger partial charge in [0, 0.05) is 17.6 Å². The molecular formula is C15H24N2O2S. The molecule has 0 aliphatic heterocycles. The highest BCUT2D eigenvalue weighted by Crippen LogP contribution is 2.26. The maximum Gasteiger partial charge on any atom is 0.307 e. The Hall–Kier alpha value is -1.10. The molecule has 4 nitrogen and oxygen atoms in total. The minimum atomic E-state index is -0.0581. The Morgan fingerprint density at radius 3 is 2.80 bits per heavy atom. The molecule has 1 fully saturated rings. The molecule has 1 aliphatic carbocycles. The number of aryl methyl sites for hydroxylation is 1. The fourth-order valence-electron chi connectivity index (χ4n) is 2.89. The maximum absolute atomic E-state index is 11.8. The number of thiazole rings is 1. The van der Waals surface area contributed by atoms with Crippen molar-refractivity contribution in [1.29, 1.82) is 0 Å². The van der Waals surface area contributed by atoms with Crippen molar-refractivity contribution in [2.75, 3.05) is 6.54 Å². The molecule has 0 atom stereocenters. The summed E-state index contributed by atoms with van der Waals surface area (Å²) in [5.41, 5.74) is 0.859. The van der Waals surface area contributed by atoms with E-state index in [9.17, 15) is 9.59 Å². The summed E-state index contributed by atoms with van der Waals surface area (Å²) in [4.78, 5) is 23.3. The molecule has 0 aromatic carbocycles. The number of hydrogen-bond donors (Lipinski definition) is 1. The molecule has 0 spiro atoms. The Labute approximate surface area is 124 Å². The van der Waals surface area contributed by atoms with Crippen LogP contribution in [0.1, 0.15) is 50.6 Å². The second-order valence-corrected chi connectivity index (χ2v) is 6.55.